The number of rotatable bonds is 4. The Labute approximate surface area is 183 Å². The van der Waals surface area contributed by atoms with E-state index in [0.717, 1.165) is 48.5 Å². The molecule has 1 aliphatic carbocycles. The number of aromatic nitrogens is 2. The van der Waals surface area contributed by atoms with Crippen LogP contribution in [0.4, 0.5) is 19.0 Å². The molecule has 1 atom stereocenters. The highest BCUT2D eigenvalue weighted by molar-refractivity contribution is 7.19. The number of nitrogens with one attached hydrogen (secondary N) is 1. The molecule has 0 radical (unpaired) electrons. The third-order valence-electron chi connectivity index (χ3n) is 6.63. The number of anilines is 1. The predicted molar refractivity (Wildman–Crippen MR) is 117 cm³/mol. The Balaban J connectivity index is 1.29. The highest BCUT2D eigenvalue weighted by Crippen LogP contribution is 2.39. The average Bonchev–Trinajstić information content (AvgIpc) is 3.13. The second-order valence-corrected chi connectivity index (χ2v) is 9.61. The standard InChI is InChI=1S/C23H25F3N4S/c1-13(20-17(25)10-14(24)11-18(20)26)30-8-6-15(7-9-30)29-22-21-16-4-2-3-5-19(16)31-23(21)28-12-27-22/h10-13,15H,2-9H2,1H3,(H,27,28,29). The van der Waals surface area contributed by atoms with Gasteiger partial charge in [0.2, 0.25) is 0 Å². The largest absolute Gasteiger partial charge is 0.367 e. The molecule has 1 N–H and O–H groups in total. The zero-order chi connectivity index (χ0) is 21.5. The van der Waals surface area contributed by atoms with Gasteiger partial charge in [-0.2, -0.15) is 0 Å². The van der Waals surface area contributed by atoms with Gasteiger partial charge in [-0.05, 0) is 51.0 Å². The molecule has 3 heterocycles. The van der Waals surface area contributed by atoms with E-state index in [-0.39, 0.29) is 11.6 Å². The number of piperidine rings is 1. The SMILES string of the molecule is CC(c1c(F)cc(F)cc1F)N1CCC(Nc2ncnc3sc4c(c23)CCCC4)CC1. The quantitative estimate of drug-likeness (QED) is 0.564. The van der Waals surface area contributed by atoms with Crippen LogP contribution in [0.2, 0.25) is 0 Å². The molecule has 2 aromatic heterocycles. The summed E-state index contributed by atoms with van der Waals surface area (Å²) in [6, 6.07) is 1.30. The summed E-state index contributed by atoms with van der Waals surface area (Å²) in [6.07, 6.45) is 7.97. The van der Waals surface area contributed by atoms with Crippen molar-refractivity contribution in [2.45, 2.75) is 57.5 Å². The van der Waals surface area contributed by atoms with E-state index in [4.69, 9.17) is 0 Å². The fourth-order valence-electron chi connectivity index (χ4n) is 4.96. The summed E-state index contributed by atoms with van der Waals surface area (Å²) >= 11 is 1.78. The number of fused-ring (bicyclic) bond motifs is 3. The van der Waals surface area contributed by atoms with Crippen molar-refractivity contribution in [1.82, 2.24) is 14.9 Å². The van der Waals surface area contributed by atoms with E-state index in [2.05, 4.69) is 20.2 Å². The molecule has 1 aliphatic heterocycles. The van der Waals surface area contributed by atoms with Crippen molar-refractivity contribution in [3.63, 3.8) is 0 Å². The van der Waals surface area contributed by atoms with Crippen LogP contribution >= 0.6 is 11.3 Å². The lowest BCUT2D eigenvalue weighted by molar-refractivity contribution is 0.161. The Hall–Kier alpha value is -2.19. The zero-order valence-corrected chi connectivity index (χ0v) is 18.2. The summed E-state index contributed by atoms with van der Waals surface area (Å²) in [5.74, 6) is -1.63. The van der Waals surface area contributed by atoms with Gasteiger partial charge < -0.3 is 5.32 Å². The first-order chi connectivity index (χ1) is 15.0. The molecule has 0 bridgehead atoms. The van der Waals surface area contributed by atoms with Crippen LogP contribution in [0, 0.1) is 17.5 Å². The van der Waals surface area contributed by atoms with E-state index < -0.39 is 23.5 Å². The molecule has 5 rings (SSSR count). The van der Waals surface area contributed by atoms with Crippen molar-refractivity contribution in [3.8, 4) is 0 Å². The second kappa shape index (κ2) is 8.39. The minimum atomic E-state index is -0.888. The number of aryl methyl sites for hydroxylation is 2. The van der Waals surface area contributed by atoms with Crippen LogP contribution in [0.25, 0.3) is 10.2 Å². The Bertz CT molecular complexity index is 1080. The van der Waals surface area contributed by atoms with E-state index in [0.29, 0.717) is 13.1 Å². The summed E-state index contributed by atoms with van der Waals surface area (Å²) in [6.45, 7) is 3.18. The van der Waals surface area contributed by atoms with Crippen LogP contribution in [-0.4, -0.2) is 34.0 Å². The third-order valence-corrected chi connectivity index (χ3v) is 7.83. The highest BCUT2D eigenvalue weighted by atomic mass is 32.1. The maximum atomic E-state index is 14.2. The molecule has 1 unspecified atom stereocenters. The van der Waals surface area contributed by atoms with Crippen molar-refractivity contribution in [2.24, 2.45) is 0 Å². The molecule has 0 amide bonds. The number of halogens is 3. The maximum Gasteiger partial charge on any atom is 0.138 e. The van der Waals surface area contributed by atoms with Gasteiger partial charge in [0.1, 0.15) is 34.4 Å². The fraction of sp³-hybridized carbons (Fsp3) is 0.478. The summed E-state index contributed by atoms with van der Waals surface area (Å²) in [5, 5.41) is 4.80. The molecule has 1 aromatic carbocycles. The Kier molecular flexibility index (Phi) is 5.60. The molecule has 4 nitrogen and oxygen atoms in total. The van der Waals surface area contributed by atoms with Crippen molar-refractivity contribution < 1.29 is 13.2 Å². The van der Waals surface area contributed by atoms with E-state index in [9.17, 15) is 13.2 Å². The summed E-state index contributed by atoms with van der Waals surface area (Å²) in [7, 11) is 0. The van der Waals surface area contributed by atoms with Crippen LogP contribution in [-0.2, 0) is 12.8 Å². The molecular formula is C23H25F3N4S. The Morgan fingerprint density at radius 2 is 1.77 bits per heavy atom. The van der Waals surface area contributed by atoms with Gasteiger partial charge in [-0.15, -0.1) is 11.3 Å². The van der Waals surface area contributed by atoms with Crippen LogP contribution in [0.1, 0.15) is 54.7 Å². The third kappa shape index (κ3) is 3.91. The molecule has 3 aromatic rings. The fourth-order valence-corrected chi connectivity index (χ4v) is 6.19. The predicted octanol–water partition coefficient (Wildman–Crippen LogP) is 5.62. The molecular weight excluding hydrogens is 421 g/mol. The Morgan fingerprint density at radius 1 is 1.06 bits per heavy atom. The van der Waals surface area contributed by atoms with Gasteiger partial charge >= 0.3 is 0 Å². The maximum absolute atomic E-state index is 14.2. The molecule has 8 heteroatoms. The number of benzene rings is 1. The van der Waals surface area contributed by atoms with E-state index in [1.165, 1.54) is 28.7 Å². The number of likely N-dealkylation sites (tertiary alicyclic amines) is 1. The lowest BCUT2D eigenvalue weighted by Crippen LogP contribution is -2.41. The lowest BCUT2D eigenvalue weighted by Gasteiger charge is -2.36. The summed E-state index contributed by atoms with van der Waals surface area (Å²) in [5.41, 5.74) is 1.35. The van der Waals surface area contributed by atoms with E-state index >= 15 is 0 Å². The zero-order valence-electron chi connectivity index (χ0n) is 17.4. The first-order valence-electron chi connectivity index (χ1n) is 10.9. The van der Waals surface area contributed by atoms with Crippen LogP contribution < -0.4 is 5.32 Å². The normalized spacial score (nSPS) is 18.8. The van der Waals surface area contributed by atoms with Crippen molar-refractivity contribution >= 4 is 27.4 Å². The smallest absolute Gasteiger partial charge is 0.138 e. The summed E-state index contributed by atoms with van der Waals surface area (Å²) < 4.78 is 41.7. The van der Waals surface area contributed by atoms with Gasteiger partial charge in [0.15, 0.2) is 0 Å². The number of hydrogen-bond acceptors (Lipinski definition) is 5. The highest BCUT2D eigenvalue weighted by Gasteiger charge is 2.28. The van der Waals surface area contributed by atoms with Crippen LogP contribution in [0.3, 0.4) is 0 Å². The van der Waals surface area contributed by atoms with Crippen molar-refractivity contribution in [3.05, 3.63) is 51.9 Å². The van der Waals surface area contributed by atoms with Gasteiger partial charge in [-0.25, -0.2) is 23.1 Å². The lowest BCUT2D eigenvalue weighted by atomic mass is 9.96. The van der Waals surface area contributed by atoms with Crippen molar-refractivity contribution in [2.75, 3.05) is 18.4 Å². The van der Waals surface area contributed by atoms with Gasteiger partial charge in [0, 0.05) is 47.7 Å². The first-order valence-corrected chi connectivity index (χ1v) is 11.7. The molecule has 31 heavy (non-hydrogen) atoms. The van der Waals surface area contributed by atoms with Gasteiger partial charge in [-0.3, -0.25) is 4.90 Å². The number of hydrogen-bond donors (Lipinski definition) is 1. The molecule has 1 saturated heterocycles. The monoisotopic (exact) mass is 446 g/mol. The van der Waals surface area contributed by atoms with Gasteiger partial charge in [-0.1, -0.05) is 0 Å². The number of nitrogens with zero attached hydrogens (tertiary/aromatic N) is 3. The minimum Gasteiger partial charge on any atom is -0.367 e. The molecule has 164 valence electrons. The van der Waals surface area contributed by atoms with Crippen LogP contribution in [0.15, 0.2) is 18.5 Å². The van der Waals surface area contributed by atoms with Gasteiger partial charge in [0.25, 0.3) is 0 Å². The average molecular weight is 447 g/mol. The molecule has 0 spiro atoms. The Morgan fingerprint density at radius 3 is 2.52 bits per heavy atom. The van der Waals surface area contributed by atoms with Crippen LogP contribution in [0.5, 0.6) is 0 Å². The summed E-state index contributed by atoms with van der Waals surface area (Å²) in [4.78, 5) is 13.6. The van der Waals surface area contributed by atoms with E-state index in [1.807, 2.05) is 0 Å². The van der Waals surface area contributed by atoms with Crippen molar-refractivity contribution in [1.29, 1.82) is 0 Å². The molecule has 2 aliphatic rings. The molecule has 1 fully saturated rings. The first kappa shape index (κ1) is 20.7. The van der Waals surface area contributed by atoms with E-state index in [1.54, 1.807) is 24.6 Å². The topological polar surface area (TPSA) is 41.0 Å². The minimum absolute atomic E-state index is 0.0600. The van der Waals surface area contributed by atoms with Gasteiger partial charge in [0.05, 0.1) is 5.39 Å². The second-order valence-electron chi connectivity index (χ2n) is 8.53. The molecule has 0 saturated carbocycles. The number of thiophene rings is 1.